The number of hydrogen-bond acceptors (Lipinski definition) is 2. The second kappa shape index (κ2) is 3.90. The standard InChI is InChI=1S/C12H9ClF3NO/c13-9-6-18-17(10-5-12(10,15)16)11(9)7-1-3-8(14)4-2-7/h1-4,6,10-11H,5H2. The third-order valence-corrected chi connectivity index (χ3v) is 3.38. The minimum Gasteiger partial charge on any atom is -0.411 e. The lowest BCUT2D eigenvalue weighted by Crippen LogP contribution is -2.29. The van der Waals surface area contributed by atoms with E-state index in [0.717, 1.165) is 0 Å². The molecule has 2 unspecified atom stereocenters. The molecule has 0 spiro atoms. The van der Waals surface area contributed by atoms with Gasteiger partial charge in [-0.1, -0.05) is 23.7 Å². The van der Waals surface area contributed by atoms with Crippen LogP contribution in [0.3, 0.4) is 0 Å². The van der Waals surface area contributed by atoms with Crippen molar-refractivity contribution in [2.24, 2.45) is 0 Å². The highest BCUT2D eigenvalue weighted by atomic mass is 35.5. The van der Waals surface area contributed by atoms with Gasteiger partial charge in [0.25, 0.3) is 5.92 Å². The molecule has 0 aromatic heterocycles. The average molecular weight is 276 g/mol. The van der Waals surface area contributed by atoms with Crippen LogP contribution in [-0.2, 0) is 4.84 Å². The maximum absolute atomic E-state index is 13.1. The van der Waals surface area contributed by atoms with Crippen LogP contribution in [0, 0.1) is 5.82 Å². The van der Waals surface area contributed by atoms with Crippen LogP contribution < -0.4 is 0 Å². The summed E-state index contributed by atoms with van der Waals surface area (Å²) in [5, 5.41) is 1.49. The van der Waals surface area contributed by atoms with Crippen molar-refractivity contribution in [1.29, 1.82) is 0 Å². The minimum absolute atomic E-state index is 0.247. The summed E-state index contributed by atoms with van der Waals surface area (Å²) < 4.78 is 39.0. The molecule has 0 amide bonds. The van der Waals surface area contributed by atoms with E-state index in [2.05, 4.69) is 0 Å². The van der Waals surface area contributed by atoms with Crippen LogP contribution in [0.25, 0.3) is 0 Å². The molecule has 3 rings (SSSR count). The van der Waals surface area contributed by atoms with Crippen molar-refractivity contribution >= 4 is 11.6 Å². The van der Waals surface area contributed by atoms with E-state index in [1.54, 1.807) is 0 Å². The average Bonchev–Trinajstić information content (AvgIpc) is 2.78. The van der Waals surface area contributed by atoms with E-state index in [0.29, 0.717) is 10.6 Å². The van der Waals surface area contributed by atoms with Gasteiger partial charge in [-0.15, -0.1) is 5.06 Å². The zero-order valence-electron chi connectivity index (χ0n) is 9.12. The van der Waals surface area contributed by atoms with Gasteiger partial charge in [0.1, 0.15) is 24.2 Å². The quantitative estimate of drug-likeness (QED) is 0.818. The summed E-state index contributed by atoms with van der Waals surface area (Å²) in [6.07, 6.45) is 0.993. The summed E-state index contributed by atoms with van der Waals surface area (Å²) in [6, 6.07) is 3.99. The maximum atomic E-state index is 13.1. The Balaban J connectivity index is 1.88. The zero-order valence-corrected chi connectivity index (χ0v) is 9.87. The fourth-order valence-electron chi connectivity index (χ4n) is 2.04. The molecule has 2 nitrogen and oxygen atoms in total. The van der Waals surface area contributed by atoms with Crippen molar-refractivity contribution in [3.63, 3.8) is 0 Å². The van der Waals surface area contributed by atoms with E-state index in [1.807, 2.05) is 0 Å². The third kappa shape index (κ3) is 1.87. The van der Waals surface area contributed by atoms with Crippen LogP contribution in [0.15, 0.2) is 35.6 Å². The van der Waals surface area contributed by atoms with Crippen molar-refractivity contribution in [3.05, 3.63) is 46.9 Å². The summed E-state index contributed by atoms with van der Waals surface area (Å²) in [5.41, 5.74) is 0.623. The van der Waals surface area contributed by atoms with E-state index in [9.17, 15) is 13.2 Å². The molecule has 0 saturated heterocycles. The molecule has 1 aliphatic carbocycles. The van der Waals surface area contributed by atoms with E-state index < -0.39 is 18.0 Å². The largest absolute Gasteiger partial charge is 0.411 e. The monoisotopic (exact) mass is 275 g/mol. The van der Waals surface area contributed by atoms with Gasteiger partial charge < -0.3 is 4.84 Å². The van der Waals surface area contributed by atoms with E-state index in [-0.39, 0.29) is 12.2 Å². The number of nitrogens with zero attached hydrogens (tertiary/aromatic N) is 1. The van der Waals surface area contributed by atoms with Gasteiger partial charge in [0, 0.05) is 6.42 Å². The summed E-state index contributed by atoms with van der Waals surface area (Å²) in [5.74, 6) is -3.13. The molecular formula is C12H9ClF3NO. The predicted octanol–water partition coefficient (Wildman–Crippen LogP) is 3.60. The number of halogens is 4. The van der Waals surface area contributed by atoms with Crippen LogP contribution in [-0.4, -0.2) is 17.0 Å². The lowest BCUT2D eigenvalue weighted by molar-refractivity contribution is -0.135. The van der Waals surface area contributed by atoms with Gasteiger partial charge in [-0.3, -0.25) is 0 Å². The zero-order chi connectivity index (χ0) is 12.9. The highest BCUT2D eigenvalue weighted by molar-refractivity contribution is 6.30. The lowest BCUT2D eigenvalue weighted by atomic mass is 10.1. The fraction of sp³-hybridized carbons (Fsp3) is 0.333. The second-order valence-electron chi connectivity index (χ2n) is 4.40. The lowest BCUT2D eigenvalue weighted by Gasteiger charge is -2.23. The van der Waals surface area contributed by atoms with Gasteiger partial charge in [-0.25, -0.2) is 13.2 Å². The van der Waals surface area contributed by atoms with E-state index >= 15 is 0 Å². The normalized spacial score (nSPS) is 29.9. The number of rotatable bonds is 2. The molecule has 1 heterocycles. The summed E-state index contributed by atoms with van der Waals surface area (Å²) >= 11 is 5.97. The summed E-state index contributed by atoms with van der Waals surface area (Å²) in [4.78, 5) is 5.09. The number of hydrogen-bond donors (Lipinski definition) is 0. The SMILES string of the molecule is Fc1ccc(C2C(Cl)=CON2C2CC2(F)F)cc1. The molecule has 1 aliphatic heterocycles. The number of benzene rings is 1. The van der Waals surface area contributed by atoms with Gasteiger partial charge in [0.2, 0.25) is 0 Å². The molecule has 1 aromatic rings. The predicted molar refractivity (Wildman–Crippen MR) is 59.4 cm³/mol. The van der Waals surface area contributed by atoms with Crippen LogP contribution in [0.1, 0.15) is 18.0 Å². The summed E-state index contributed by atoms with van der Waals surface area (Å²) in [6.45, 7) is 0. The van der Waals surface area contributed by atoms with Crippen molar-refractivity contribution in [2.75, 3.05) is 0 Å². The second-order valence-corrected chi connectivity index (χ2v) is 4.84. The molecule has 0 bridgehead atoms. The van der Waals surface area contributed by atoms with E-state index in [1.165, 1.54) is 35.6 Å². The Morgan fingerprint density at radius 2 is 1.89 bits per heavy atom. The first-order valence-corrected chi connectivity index (χ1v) is 5.81. The van der Waals surface area contributed by atoms with Gasteiger partial charge in [0.15, 0.2) is 0 Å². The van der Waals surface area contributed by atoms with Gasteiger partial charge in [0.05, 0.1) is 5.03 Å². The minimum atomic E-state index is -2.74. The Morgan fingerprint density at radius 1 is 1.28 bits per heavy atom. The number of alkyl halides is 2. The first-order valence-electron chi connectivity index (χ1n) is 5.43. The molecule has 96 valence electrons. The molecule has 18 heavy (non-hydrogen) atoms. The van der Waals surface area contributed by atoms with Crippen LogP contribution in [0.4, 0.5) is 13.2 Å². The molecule has 0 radical (unpaired) electrons. The van der Waals surface area contributed by atoms with Crippen LogP contribution in [0.5, 0.6) is 0 Å². The molecule has 0 N–H and O–H groups in total. The van der Waals surface area contributed by atoms with Gasteiger partial charge >= 0.3 is 0 Å². The highest BCUT2D eigenvalue weighted by Gasteiger charge is 2.63. The Bertz CT molecular complexity index is 503. The van der Waals surface area contributed by atoms with E-state index in [4.69, 9.17) is 16.4 Å². The first kappa shape index (κ1) is 11.9. The molecule has 6 heteroatoms. The van der Waals surface area contributed by atoms with Gasteiger partial charge in [-0.05, 0) is 17.7 Å². The highest BCUT2D eigenvalue weighted by Crippen LogP contribution is 2.51. The molecule has 1 aromatic carbocycles. The van der Waals surface area contributed by atoms with Crippen molar-refractivity contribution in [3.8, 4) is 0 Å². The molecule has 1 saturated carbocycles. The topological polar surface area (TPSA) is 12.5 Å². The van der Waals surface area contributed by atoms with Crippen molar-refractivity contribution < 1.29 is 18.0 Å². The smallest absolute Gasteiger partial charge is 0.268 e. The molecule has 1 fully saturated rings. The van der Waals surface area contributed by atoms with Crippen LogP contribution in [0.2, 0.25) is 0 Å². The number of hydroxylamine groups is 2. The molecule has 2 aliphatic rings. The molecule has 2 atom stereocenters. The molecular weight excluding hydrogens is 267 g/mol. The Kier molecular flexibility index (Phi) is 2.57. The third-order valence-electron chi connectivity index (χ3n) is 3.09. The Morgan fingerprint density at radius 3 is 2.44 bits per heavy atom. The first-order chi connectivity index (χ1) is 8.49. The Hall–Kier alpha value is -1.20. The van der Waals surface area contributed by atoms with Gasteiger partial charge in [-0.2, -0.15) is 0 Å². The van der Waals surface area contributed by atoms with Crippen molar-refractivity contribution in [2.45, 2.75) is 24.4 Å². The summed E-state index contributed by atoms with van der Waals surface area (Å²) in [7, 11) is 0. The van der Waals surface area contributed by atoms with Crippen molar-refractivity contribution in [1.82, 2.24) is 5.06 Å². The van der Waals surface area contributed by atoms with Crippen LogP contribution >= 0.6 is 11.6 Å². The Labute approximate surface area is 107 Å². The maximum Gasteiger partial charge on any atom is 0.268 e. The fourth-order valence-corrected chi connectivity index (χ4v) is 2.30.